The largest absolute Gasteiger partial charge is 0.462 e. The molecule has 0 fully saturated rings. The molecular weight excluding hydrogens is 268 g/mol. The highest BCUT2D eigenvalue weighted by Gasteiger charge is 2.11. The summed E-state index contributed by atoms with van der Waals surface area (Å²) in [6, 6.07) is 6.75. The Morgan fingerprint density at radius 3 is 2.57 bits per heavy atom. The van der Waals surface area contributed by atoms with E-state index in [1.807, 2.05) is 20.8 Å². The maximum absolute atomic E-state index is 11.8. The van der Waals surface area contributed by atoms with Gasteiger partial charge in [0, 0.05) is 24.2 Å². The summed E-state index contributed by atoms with van der Waals surface area (Å²) in [4.78, 5) is 23.5. The van der Waals surface area contributed by atoms with Crippen LogP contribution < -0.4 is 10.6 Å². The van der Waals surface area contributed by atoms with Crippen LogP contribution in [0.15, 0.2) is 24.3 Å². The molecule has 0 aliphatic heterocycles. The second-order valence-electron chi connectivity index (χ2n) is 5.78. The van der Waals surface area contributed by atoms with E-state index in [-0.39, 0.29) is 17.4 Å². The summed E-state index contributed by atoms with van der Waals surface area (Å²) in [6.45, 7) is 8.84. The number of hydrogen-bond acceptors (Lipinski definition) is 4. The number of carbonyl (C=O) groups is 2. The van der Waals surface area contributed by atoms with Crippen LogP contribution in [-0.2, 0) is 9.53 Å². The zero-order valence-electron chi connectivity index (χ0n) is 13.2. The van der Waals surface area contributed by atoms with Crippen LogP contribution in [0, 0.1) is 0 Å². The zero-order chi connectivity index (χ0) is 15.9. The smallest absolute Gasteiger partial charge is 0.338 e. The third-order valence-corrected chi connectivity index (χ3v) is 2.66. The van der Waals surface area contributed by atoms with Gasteiger partial charge in [-0.25, -0.2) is 4.79 Å². The lowest BCUT2D eigenvalue weighted by atomic mass is 10.1. The number of nitrogens with one attached hydrogen (secondary N) is 2. The van der Waals surface area contributed by atoms with Crippen molar-refractivity contribution in [1.82, 2.24) is 5.32 Å². The fraction of sp³-hybridized carbons (Fsp3) is 0.500. The Kier molecular flexibility index (Phi) is 6.37. The molecule has 0 aromatic heterocycles. The van der Waals surface area contributed by atoms with Crippen LogP contribution >= 0.6 is 0 Å². The first-order valence-corrected chi connectivity index (χ1v) is 7.14. The van der Waals surface area contributed by atoms with Gasteiger partial charge in [-0.2, -0.15) is 0 Å². The molecule has 1 rings (SSSR count). The van der Waals surface area contributed by atoms with Crippen molar-refractivity contribution in [3.05, 3.63) is 29.8 Å². The van der Waals surface area contributed by atoms with Crippen molar-refractivity contribution in [2.75, 3.05) is 18.5 Å². The third-order valence-electron chi connectivity index (χ3n) is 2.66. The number of esters is 1. The molecule has 0 bridgehead atoms. The second-order valence-corrected chi connectivity index (χ2v) is 5.78. The number of hydrogen-bond donors (Lipinski definition) is 2. The Bertz CT molecular complexity index is 493. The topological polar surface area (TPSA) is 67.4 Å². The van der Waals surface area contributed by atoms with Gasteiger partial charge in [0.1, 0.15) is 0 Å². The lowest BCUT2D eigenvalue weighted by Crippen LogP contribution is -2.37. The van der Waals surface area contributed by atoms with Gasteiger partial charge in [-0.15, -0.1) is 0 Å². The predicted molar refractivity (Wildman–Crippen MR) is 83.4 cm³/mol. The summed E-state index contributed by atoms with van der Waals surface area (Å²) in [7, 11) is 0. The van der Waals surface area contributed by atoms with Crippen LogP contribution in [0.1, 0.15) is 44.5 Å². The summed E-state index contributed by atoms with van der Waals surface area (Å²) < 4.78 is 4.93. The van der Waals surface area contributed by atoms with Gasteiger partial charge in [-0.1, -0.05) is 6.07 Å². The average molecular weight is 292 g/mol. The Morgan fingerprint density at radius 2 is 1.95 bits per heavy atom. The molecule has 0 radical (unpaired) electrons. The fourth-order valence-electron chi connectivity index (χ4n) is 1.71. The van der Waals surface area contributed by atoms with Crippen molar-refractivity contribution >= 4 is 17.6 Å². The molecule has 0 unspecified atom stereocenters. The lowest BCUT2D eigenvalue weighted by molar-refractivity contribution is -0.116. The number of ether oxygens (including phenoxy) is 1. The summed E-state index contributed by atoms with van der Waals surface area (Å²) in [5, 5.41) is 6.03. The normalized spacial score (nSPS) is 11.0. The lowest BCUT2D eigenvalue weighted by Gasteiger charge is -2.20. The highest BCUT2D eigenvalue weighted by Crippen LogP contribution is 2.12. The molecule has 0 saturated carbocycles. The average Bonchev–Trinajstić information content (AvgIpc) is 2.37. The molecule has 5 nitrogen and oxygen atoms in total. The summed E-state index contributed by atoms with van der Waals surface area (Å²) in [5.74, 6) is -0.476. The van der Waals surface area contributed by atoms with E-state index in [1.54, 1.807) is 31.2 Å². The van der Waals surface area contributed by atoms with E-state index in [2.05, 4.69) is 10.6 Å². The van der Waals surface area contributed by atoms with Crippen LogP contribution in [0.2, 0.25) is 0 Å². The van der Waals surface area contributed by atoms with E-state index in [0.717, 1.165) is 0 Å². The van der Waals surface area contributed by atoms with Crippen molar-refractivity contribution < 1.29 is 14.3 Å². The Morgan fingerprint density at radius 1 is 1.24 bits per heavy atom. The van der Waals surface area contributed by atoms with E-state index < -0.39 is 0 Å². The predicted octanol–water partition coefficient (Wildman–Crippen LogP) is 2.58. The molecule has 1 aromatic carbocycles. The Labute approximate surface area is 126 Å². The number of amides is 1. The van der Waals surface area contributed by atoms with E-state index in [4.69, 9.17) is 4.74 Å². The standard InChI is InChI=1S/C16H24N2O3/c1-5-21-15(20)12-7-6-8-13(11-12)18-14(19)9-10-17-16(2,3)4/h6-8,11,17H,5,9-10H2,1-4H3,(H,18,19). The summed E-state index contributed by atoms with van der Waals surface area (Å²) in [6.07, 6.45) is 0.376. The SMILES string of the molecule is CCOC(=O)c1cccc(NC(=O)CCNC(C)(C)C)c1. The molecule has 0 aliphatic rings. The molecule has 116 valence electrons. The first kappa shape index (κ1) is 17.2. The minimum Gasteiger partial charge on any atom is -0.462 e. The molecule has 0 atom stereocenters. The van der Waals surface area contributed by atoms with Crippen molar-refractivity contribution in [2.45, 2.75) is 39.7 Å². The van der Waals surface area contributed by atoms with Crippen LogP contribution in [0.5, 0.6) is 0 Å². The number of carbonyl (C=O) groups excluding carboxylic acids is 2. The quantitative estimate of drug-likeness (QED) is 0.791. The van der Waals surface area contributed by atoms with E-state index in [0.29, 0.717) is 30.8 Å². The monoisotopic (exact) mass is 292 g/mol. The second kappa shape index (κ2) is 7.78. The molecule has 0 aliphatic carbocycles. The van der Waals surface area contributed by atoms with Gasteiger partial charge in [0.25, 0.3) is 0 Å². The minimum atomic E-state index is -0.386. The Balaban J connectivity index is 2.53. The molecule has 5 heteroatoms. The number of anilines is 1. The van der Waals surface area contributed by atoms with E-state index in [9.17, 15) is 9.59 Å². The highest BCUT2D eigenvalue weighted by atomic mass is 16.5. The third kappa shape index (κ3) is 6.90. The highest BCUT2D eigenvalue weighted by molar-refractivity contribution is 5.94. The van der Waals surface area contributed by atoms with Gasteiger partial charge >= 0.3 is 5.97 Å². The first-order chi connectivity index (χ1) is 9.81. The van der Waals surface area contributed by atoms with Crippen molar-refractivity contribution in [3.63, 3.8) is 0 Å². The maximum atomic E-state index is 11.8. The van der Waals surface area contributed by atoms with E-state index in [1.165, 1.54) is 0 Å². The van der Waals surface area contributed by atoms with Gasteiger partial charge in [-0.3, -0.25) is 4.79 Å². The molecule has 0 spiro atoms. The van der Waals surface area contributed by atoms with Crippen LogP contribution in [0.4, 0.5) is 5.69 Å². The van der Waals surface area contributed by atoms with Gasteiger partial charge in [-0.05, 0) is 45.9 Å². The van der Waals surface area contributed by atoms with Gasteiger partial charge in [0.2, 0.25) is 5.91 Å². The van der Waals surface area contributed by atoms with Crippen molar-refractivity contribution in [1.29, 1.82) is 0 Å². The zero-order valence-corrected chi connectivity index (χ0v) is 13.2. The molecule has 1 amide bonds. The molecule has 0 saturated heterocycles. The van der Waals surface area contributed by atoms with Gasteiger partial charge < -0.3 is 15.4 Å². The maximum Gasteiger partial charge on any atom is 0.338 e. The van der Waals surface area contributed by atoms with Gasteiger partial charge in [0.15, 0.2) is 0 Å². The van der Waals surface area contributed by atoms with Crippen LogP contribution in [0.3, 0.4) is 0 Å². The fourth-order valence-corrected chi connectivity index (χ4v) is 1.71. The molecular formula is C16H24N2O3. The number of rotatable bonds is 6. The molecule has 0 heterocycles. The van der Waals surface area contributed by atoms with Crippen molar-refractivity contribution in [2.24, 2.45) is 0 Å². The molecule has 21 heavy (non-hydrogen) atoms. The van der Waals surface area contributed by atoms with Gasteiger partial charge in [0.05, 0.1) is 12.2 Å². The number of benzene rings is 1. The molecule has 1 aromatic rings. The van der Waals surface area contributed by atoms with Crippen LogP contribution in [-0.4, -0.2) is 30.6 Å². The minimum absolute atomic E-state index is 0.00981. The Hall–Kier alpha value is -1.88. The first-order valence-electron chi connectivity index (χ1n) is 7.14. The van der Waals surface area contributed by atoms with Crippen LogP contribution in [0.25, 0.3) is 0 Å². The summed E-state index contributed by atoms with van der Waals surface area (Å²) in [5.41, 5.74) is 1.02. The van der Waals surface area contributed by atoms with Crippen molar-refractivity contribution in [3.8, 4) is 0 Å². The van der Waals surface area contributed by atoms with E-state index >= 15 is 0 Å². The summed E-state index contributed by atoms with van der Waals surface area (Å²) >= 11 is 0. The molecule has 2 N–H and O–H groups in total.